The Kier molecular flexibility index (Phi) is 4.96. The summed E-state index contributed by atoms with van der Waals surface area (Å²) in [6, 6.07) is 7.47. The number of hydrogen-bond acceptors (Lipinski definition) is 4. The molecular weight excluding hydrogens is 222 g/mol. The minimum absolute atomic E-state index is 0.374. The number of nitrogens with two attached hydrogens (primary N) is 1. The maximum atomic E-state index is 11.0. The van der Waals surface area contributed by atoms with Gasteiger partial charge in [0, 0.05) is 6.54 Å². The highest BCUT2D eigenvalue weighted by atomic mass is 16.5. The van der Waals surface area contributed by atoms with Gasteiger partial charge in [-0.05, 0) is 24.1 Å². The molecule has 2 amide bonds. The second-order valence-corrected chi connectivity index (χ2v) is 3.33. The third-order valence-electron chi connectivity index (χ3n) is 2.20. The van der Waals surface area contributed by atoms with Crippen molar-refractivity contribution in [1.82, 2.24) is 10.7 Å². The van der Waals surface area contributed by atoms with Crippen LogP contribution in [-0.2, 0) is 16.0 Å². The molecule has 17 heavy (non-hydrogen) atoms. The predicted molar refractivity (Wildman–Crippen MR) is 62.0 cm³/mol. The van der Waals surface area contributed by atoms with Gasteiger partial charge in [0.1, 0.15) is 5.75 Å². The Balaban J connectivity index is 2.35. The number of amides is 2. The Hall–Kier alpha value is -2.08. The molecule has 0 aliphatic carbocycles. The third kappa shape index (κ3) is 4.12. The fourth-order valence-corrected chi connectivity index (χ4v) is 1.26. The highest BCUT2D eigenvalue weighted by Gasteiger charge is 2.09. The monoisotopic (exact) mass is 237 g/mol. The van der Waals surface area contributed by atoms with E-state index in [1.807, 2.05) is 24.3 Å². The van der Waals surface area contributed by atoms with E-state index in [0.717, 1.165) is 11.3 Å². The highest BCUT2D eigenvalue weighted by molar-refractivity contribution is 6.34. The largest absolute Gasteiger partial charge is 0.497 e. The van der Waals surface area contributed by atoms with E-state index >= 15 is 0 Å². The van der Waals surface area contributed by atoms with Gasteiger partial charge in [-0.2, -0.15) is 0 Å². The number of ether oxygens (including phenoxy) is 1. The predicted octanol–water partition coefficient (Wildman–Crippen LogP) is -0.656. The van der Waals surface area contributed by atoms with Crippen LogP contribution in [0.1, 0.15) is 5.56 Å². The van der Waals surface area contributed by atoms with Gasteiger partial charge < -0.3 is 10.1 Å². The highest BCUT2D eigenvalue weighted by Crippen LogP contribution is 2.11. The first-order chi connectivity index (χ1) is 8.17. The molecule has 0 aliphatic rings. The van der Waals surface area contributed by atoms with Crippen LogP contribution >= 0.6 is 0 Å². The van der Waals surface area contributed by atoms with Crippen LogP contribution in [0.5, 0.6) is 5.75 Å². The van der Waals surface area contributed by atoms with E-state index in [1.165, 1.54) is 0 Å². The van der Waals surface area contributed by atoms with Gasteiger partial charge in [-0.25, -0.2) is 5.84 Å². The van der Waals surface area contributed by atoms with Crippen LogP contribution in [0, 0.1) is 0 Å². The fourth-order valence-electron chi connectivity index (χ4n) is 1.26. The quantitative estimate of drug-likeness (QED) is 0.280. The van der Waals surface area contributed by atoms with Crippen LogP contribution in [0.3, 0.4) is 0 Å². The Morgan fingerprint density at radius 1 is 1.24 bits per heavy atom. The molecule has 6 heteroatoms. The van der Waals surface area contributed by atoms with E-state index in [0.29, 0.717) is 13.0 Å². The lowest BCUT2D eigenvalue weighted by Gasteiger charge is -2.05. The molecule has 1 rings (SSSR count). The lowest BCUT2D eigenvalue weighted by Crippen LogP contribution is -2.43. The van der Waals surface area contributed by atoms with Crippen molar-refractivity contribution in [3.05, 3.63) is 29.8 Å². The number of carbonyl (C=O) groups excluding carboxylic acids is 2. The minimum atomic E-state index is -0.847. The molecule has 0 fully saturated rings. The molecule has 0 saturated heterocycles. The topological polar surface area (TPSA) is 93.4 Å². The molecule has 0 bridgehead atoms. The maximum Gasteiger partial charge on any atom is 0.323 e. The third-order valence-corrected chi connectivity index (χ3v) is 2.20. The molecule has 0 spiro atoms. The van der Waals surface area contributed by atoms with Crippen molar-refractivity contribution in [3.63, 3.8) is 0 Å². The van der Waals surface area contributed by atoms with Crippen molar-refractivity contribution in [3.8, 4) is 5.75 Å². The zero-order valence-corrected chi connectivity index (χ0v) is 9.53. The Labute approximate surface area is 99.1 Å². The van der Waals surface area contributed by atoms with Gasteiger partial charge >= 0.3 is 11.8 Å². The standard InChI is InChI=1S/C11H15N3O3/c1-17-9-4-2-8(3-5-9)6-7-13-10(15)11(16)14-12/h2-5H,6-7,12H2,1H3,(H,13,15)(H,14,16). The van der Waals surface area contributed by atoms with Crippen molar-refractivity contribution in [2.24, 2.45) is 5.84 Å². The smallest absolute Gasteiger partial charge is 0.323 e. The van der Waals surface area contributed by atoms with E-state index in [2.05, 4.69) is 5.32 Å². The first-order valence-corrected chi connectivity index (χ1v) is 5.09. The van der Waals surface area contributed by atoms with Crippen LogP contribution in [0.4, 0.5) is 0 Å². The first-order valence-electron chi connectivity index (χ1n) is 5.09. The summed E-state index contributed by atoms with van der Waals surface area (Å²) in [5.74, 6) is 4.01. The van der Waals surface area contributed by atoms with Gasteiger partial charge in [0.05, 0.1) is 7.11 Å². The van der Waals surface area contributed by atoms with Crippen molar-refractivity contribution in [1.29, 1.82) is 0 Å². The zero-order chi connectivity index (χ0) is 12.7. The Bertz CT molecular complexity index is 389. The molecule has 0 heterocycles. The van der Waals surface area contributed by atoms with Crippen molar-refractivity contribution >= 4 is 11.8 Å². The van der Waals surface area contributed by atoms with E-state index in [1.54, 1.807) is 12.5 Å². The fraction of sp³-hybridized carbons (Fsp3) is 0.273. The molecule has 1 aromatic rings. The van der Waals surface area contributed by atoms with Crippen LogP contribution in [0.15, 0.2) is 24.3 Å². The van der Waals surface area contributed by atoms with Gasteiger partial charge in [0.25, 0.3) is 0 Å². The number of rotatable bonds is 4. The number of methoxy groups -OCH3 is 1. The molecule has 6 nitrogen and oxygen atoms in total. The van der Waals surface area contributed by atoms with E-state index in [-0.39, 0.29) is 0 Å². The average Bonchev–Trinajstić information content (AvgIpc) is 2.38. The van der Waals surface area contributed by atoms with Gasteiger partial charge in [-0.3, -0.25) is 15.0 Å². The number of benzene rings is 1. The van der Waals surface area contributed by atoms with Crippen molar-refractivity contribution < 1.29 is 14.3 Å². The molecule has 0 saturated carbocycles. The summed E-state index contributed by atoms with van der Waals surface area (Å²) in [7, 11) is 1.60. The summed E-state index contributed by atoms with van der Waals surface area (Å²) < 4.78 is 5.02. The summed E-state index contributed by atoms with van der Waals surface area (Å²) in [6.07, 6.45) is 0.633. The molecule has 0 unspecified atom stereocenters. The molecule has 0 aromatic heterocycles. The van der Waals surface area contributed by atoms with E-state index < -0.39 is 11.8 Å². The molecular formula is C11H15N3O3. The van der Waals surface area contributed by atoms with Crippen molar-refractivity contribution in [2.75, 3.05) is 13.7 Å². The van der Waals surface area contributed by atoms with Crippen LogP contribution < -0.4 is 21.3 Å². The average molecular weight is 237 g/mol. The van der Waals surface area contributed by atoms with Crippen molar-refractivity contribution in [2.45, 2.75) is 6.42 Å². The lowest BCUT2D eigenvalue weighted by atomic mass is 10.1. The second kappa shape index (κ2) is 6.49. The normalized spacial score (nSPS) is 9.53. The molecule has 4 N–H and O–H groups in total. The summed E-state index contributed by atoms with van der Waals surface area (Å²) in [5.41, 5.74) is 2.80. The number of carbonyl (C=O) groups is 2. The number of hydrogen-bond donors (Lipinski definition) is 3. The van der Waals surface area contributed by atoms with Crippen LogP contribution in [0.25, 0.3) is 0 Å². The second-order valence-electron chi connectivity index (χ2n) is 3.33. The van der Waals surface area contributed by atoms with Gasteiger partial charge in [0.15, 0.2) is 0 Å². The molecule has 0 radical (unpaired) electrons. The zero-order valence-electron chi connectivity index (χ0n) is 9.53. The number of hydrazine groups is 1. The number of nitrogens with one attached hydrogen (secondary N) is 2. The summed E-state index contributed by atoms with van der Waals surface area (Å²) in [5, 5.41) is 2.45. The minimum Gasteiger partial charge on any atom is -0.497 e. The molecule has 0 atom stereocenters. The lowest BCUT2D eigenvalue weighted by molar-refractivity contribution is -0.139. The van der Waals surface area contributed by atoms with Gasteiger partial charge in [-0.15, -0.1) is 0 Å². The summed E-state index contributed by atoms with van der Waals surface area (Å²) >= 11 is 0. The molecule has 0 aliphatic heterocycles. The van der Waals surface area contributed by atoms with Crippen LogP contribution in [-0.4, -0.2) is 25.5 Å². The summed E-state index contributed by atoms with van der Waals surface area (Å²) in [4.78, 5) is 21.8. The SMILES string of the molecule is COc1ccc(CCNC(=O)C(=O)NN)cc1. The first kappa shape index (κ1) is 13.0. The van der Waals surface area contributed by atoms with Crippen LogP contribution in [0.2, 0.25) is 0 Å². The maximum absolute atomic E-state index is 11.0. The summed E-state index contributed by atoms with van der Waals surface area (Å²) in [6.45, 7) is 0.374. The molecule has 1 aromatic carbocycles. The molecule has 92 valence electrons. The van der Waals surface area contributed by atoms with Gasteiger partial charge in [0.2, 0.25) is 0 Å². The van der Waals surface area contributed by atoms with E-state index in [9.17, 15) is 9.59 Å². The van der Waals surface area contributed by atoms with E-state index in [4.69, 9.17) is 10.6 Å². The Morgan fingerprint density at radius 3 is 2.41 bits per heavy atom. The van der Waals surface area contributed by atoms with Gasteiger partial charge in [-0.1, -0.05) is 12.1 Å². The Morgan fingerprint density at radius 2 is 1.88 bits per heavy atom.